The van der Waals surface area contributed by atoms with E-state index in [0.29, 0.717) is 6.54 Å². The third kappa shape index (κ3) is 13.5. The first-order valence-corrected chi connectivity index (χ1v) is 5.53. The van der Waals surface area contributed by atoms with Crippen LogP contribution in [0, 0.1) is 0 Å². The summed E-state index contributed by atoms with van der Waals surface area (Å²) in [6, 6.07) is 0.785. The van der Waals surface area contributed by atoms with Crippen LogP contribution in [0.15, 0.2) is 0 Å². The summed E-state index contributed by atoms with van der Waals surface area (Å²) in [6.45, 7) is 0.644. The van der Waals surface area contributed by atoms with Gasteiger partial charge in [-0.2, -0.15) is 0 Å². The third-order valence-electron chi connectivity index (χ3n) is 1.62. The highest BCUT2D eigenvalue weighted by Gasteiger charge is 2.36. The predicted octanol–water partition coefficient (Wildman–Crippen LogP) is 0.449. The molecule has 0 atom stereocenters. The van der Waals surface area contributed by atoms with Crippen LogP contribution in [0.25, 0.3) is 0 Å². The maximum atomic E-state index is 5.36. The fourth-order valence-electron chi connectivity index (χ4n) is 0.875. The van der Waals surface area contributed by atoms with Crippen molar-refractivity contribution in [1.29, 1.82) is 0 Å². The molecule has 16 heavy (non-hydrogen) atoms. The molecule has 0 spiro atoms. The standard InChI is InChI=1S/C6H17NO3Si.4ClH.H4Si/c1-8-11(9-2,10-3)6-4-5-7;;;;;/h4-7H2,1-3H3;4*1H;1H4. The van der Waals surface area contributed by atoms with E-state index in [4.69, 9.17) is 19.0 Å². The van der Waals surface area contributed by atoms with Crippen LogP contribution in [0.4, 0.5) is 0 Å². The zero-order valence-corrected chi connectivity index (χ0v) is 13.3. The van der Waals surface area contributed by atoms with E-state index in [0.717, 1.165) is 12.5 Å². The van der Waals surface area contributed by atoms with Crippen LogP contribution in [0.2, 0.25) is 6.04 Å². The molecule has 0 fully saturated rings. The van der Waals surface area contributed by atoms with E-state index in [1.807, 2.05) is 0 Å². The number of hydrogen-bond acceptors (Lipinski definition) is 4. The Morgan fingerprint density at radius 2 is 1.19 bits per heavy atom. The SMILES string of the molecule is CO[Si](CCCN)(OC)OC.Cl.Cl.Cl.Cl.[SiH4]. The predicted molar refractivity (Wildman–Crippen MR) is 85.6 cm³/mol. The molecule has 0 aliphatic rings. The van der Waals surface area contributed by atoms with Gasteiger partial charge in [0.2, 0.25) is 0 Å². The van der Waals surface area contributed by atoms with Crippen molar-refractivity contribution in [2.45, 2.75) is 12.5 Å². The van der Waals surface area contributed by atoms with E-state index >= 15 is 0 Å². The minimum Gasteiger partial charge on any atom is -0.377 e. The van der Waals surface area contributed by atoms with Crippen molar-refractivity contribution >= 4 is 69.4 Å². The van der Waals surface area contributed by atoms with Crippen LogP contribution in [-0.4, -0.2) is 47.6 Å². The second kappa shape index (κ2) is 21.7. The second-order valence-electron chi connectivity index (χ2n) is 2.19. The molecule has 0 saturated carbocycles. The van der Waals surface area contributed by atoms with Crippen molar-refractivity contribution in [2.24, 2.45) is 5.73 Å². The minimum absolute atomic E-state index is 0. The molecule has 0 amide bonds. The number of nitrogens with two attached hydrogens (primary N) is 1. The van der Waals surface area contributed by atoms with Gasteiger partial charge in [-0.15, -0.1) is 49.6 Å². The average molecular weight is 357 g/mol. The lowest BCUT2D eigenvalue weighted by Gasteiger charge is -2.23. The summed E-state index contributed by atoms with van der Waals surface area (Å²) in [7, 11) is 2.50. The summed E-state index contributed by atoms with van der Waals surface area (Å²) in [6.07, 6.45) is 0.877. The highest BCUT2D eigenvalue weighted by atomic mass is 35.5. The monoisotopic (exact) mass is 355 g/mol. The number of hydrogen-bond donors (Lipinski definition) is 1. The van der Waals surface area contributed by atoms with Gasteiger partial charge in [0.15, 0.2) is 0 Å². The largest absolute Gasteiger partial charge is 0.500 e. The van der Waals surface area contributed by atoms with Gasteiger partial charge in [-0.1, -0.05) is 0 Å². The molecule has 0 aliphatic heterocycles. The van der Waals surface area contributed by atoms with Crippen LogP contribution < -0.4 is 5.73 Å². The maximum absolute atomic E-state index is 5.36. The zero-order valence-electron chi connectivity index (χ0n) is 9.06. The van der Waals surface area contributed by atoms with Gasteiger partial charge >= 0.3 is 8.80 Å². The highest BCUT2D eigenvalue weighted by molar-refractivity contribution is 6.60. The van der Waals surface area contributed by atoms with Crippen molar-refractivity contribution in [3.05, 3.63) is 0 Å². The van der Waals surface area contributed by atoms with Crippen LogP contribution in [0.5, 0.6) is 0 Å². The molecular formula is C6H25Cl4NO3Si2. The molecular weight excluding hydrogens is 332 g/mol. The first kappa shape index (κ1) is 36.0. The van der Waals surface area contributed by atoms with Crippen molar-refractivity contribution in [3.8, 4) is 0 Å². The smallest absolute Gasteiger partial charge is 0.377 e. The molecule has 0 saturated heterocycles. The Bertz CT molecular complexity index is 106. The van der Waals surface area contributed by atoms with Gasteiger partial charge < -0.3 is 19.0 Å². The summed E-state index contributed by atoms with van der Waals surface area (Å²) in [4.78, 5) is 0. The molecule has 0 aliphatic carbocycles. The van der Waals surface area contributed by atoms with Gasteiger partial charge in [-0.05, 0) is 23.9 Å². The van der Waals surface area contributed by atoms with Crippen LogP contribution in [0.1, 0.15) is 6.42 Å². The third-order valence-corrected chi connectivity index (χ3v) is 4.45. The maximum Gasteiger partial charge on any atom is 0.500 e. The van der Waals surface area contributed by atoms with Gasteiger partial charge in [0.1, 0.15) is 0 Å². The first-order valence-electron chi connectivity index (χ1n) is 3.60. The zero-order chi connectivity index (χ0) is 8.74. The fraction of sp³-hybridized carbons (Fsp3) is 1.00. The molecule has 0 aromatic rings. The van der Waals surface area contributed by atoms with Crippen molar-refractivity contribution in [2.75, 3.05) is 27.9 Å². The molecule has 10 heteroatoms. The Hall–Kier alpha value is 1.43. The van der Waals surface area contributed by atoms with E-state index in [9.17, 15) is 0 Å². The Labute approximate surface area is 128 Å². The quantitative estimate of drug-likeness (QED) is 0.702. The number of rotatable bonds is 6. The van der Waals surface area contributed by atoms with Gasteiger partial charge in [-0.3, -0.25) is 0 Å². The van der Waals surface area contributed by atoms with E-state index < -0.39 is 8.80 Å². The number of halogens is 4. The topological polar surface area (TPSA) is 53.7 Å². The summed E-state index contributed by atoms with van der Waals surface area (Å²) in [5.41, 5.74) is 5.36. The Morgan fingerprint density at radius 3 is 1.38 bits per heavy atom. The first-order chi connectivity index (χ1) is 5.24. The average Bonchev–Trinajstić information content (AvgIpc) is 2.08. The van der Waals surface area contributed by atoms with Crippen LogP contribution >= 0.6 is 49.6 Å². The second-order valence-corrected chi connectivity index (χ2v) is 5.28. The molecule has 2 N–H and O–H groups in total. The summed E-state index contributed by atoms with van der Waals surface area (Å²) in [5.74, 6) is 0. The molecule has 0 bridgehead atoms. The Morgan fingerprint density at radius 1 is 0.875 bits per heavy atom. The van der Waals surface area contributed by atoms with Gasteiger partial charge in [0, 0.05) is 27.4 Å². The van der Waals surface area contributed by atoms with E-state index in [1.165, 1.54) is 0 Å². The normalized spacial score (nSPS) is 8.25. The molecule has 0 aromatic carbocycles. The lowest BCUT2D eigenvalue weighted by atomic mass is 10.5. The van der Waals surface area contributed by atoms with Crippen molar-refractivity contribution in [3.63, 3.8) is 0 Å². The molecule has 0 aromatic heterocycles. The van der Waals surface area contributed by atoms with E-state index in [1.54, 1.807) is 21.3 Å². The van der Waals surface area contributed by atoms with Gasteiger partial charge in [0.25, 0.3) is 0 Å². The van der Waals surface area contributed by atoms with Crippen molar-refractivity contribution < 1.29 is 13.3 Å². The minimum atomic E-state index is -2.32. The van der Waals surface area contributed by atoms with Crippen molar-refractivity contribution in [1.82, 2.24) is 0 Å². The molecule has 108 valence electrons. The molecule has 0 rings (SSSR count). The molecule has 4 nitrogen and oxygen atoms in total. The van der Waals surface area contributed by atoms with Crippen LogP contribution in [-0.2, 0) is 13.3 Å². The highest BCUT2D eigenvalue weighted by Crippen LogP contribution is 2.13. The van der Waals surface area contributed by atoms with Gasteiger partial charge in [0.05, 0.1) is 0 Å². The lowest BCUT2D eigenvalue weighted by Crippen LogP contribution is -2.42. The Kier molecular flexibility index (Phi) is 48.8. The molecule has 0 unspecified atom stereocenters. The van der Waals surface area contributed by atoms with Gasteiger partial charge in [-0.25, -0.2) is 0 Å². The van der Waals surface area contributed by atoms with E-state index in [2.05, 4.69) is 0 Å². The molecule has 0 radical (unpaired) electrons. The fourth-order valence-corrected chi connectivity index (χ4v) is 2.62. The summed E-state index contributed by atoms with van der Waals surface area (Å²) in [5, 5.41) is 0. The molecule has 0 heterocycles. The summed E-state index contributed by atoms with van der Waals surface area (Å²) >= 11 is 0. The van der Waals surface area contributed by atoms with Crippen LogP contribution in [0.3, 0.4) is 0 Å². The lowest BCUT2D eigenvalue weighted by molar-refractivity contribution is 0.123. The van der Waals surface area contributed by atoms with E-state index in [-0.39, 0.29) is 60.6 Å². The Balaban J connectivity index is -0.0000000500. The summed E-state index contributed by atoms with van der Waals surface area (Å²) < 4.78 is 15.5.